The summed E-state index contributed by atoms with van der Waals surface area (Å²) in [5.41, 5.74) is 4.76. The molecule has 6 nitrogen and oxygen atoms in total. The van der Waals surface area contributed by atoms with Crippen molar-refractivity contribution in [3.05, 3.63) is 71.8 Å². The Bertz CT molecular complexity index is 1170. The number of hydrogen-bond donors (Lipinski definition) is 1. The monoisotopic (exact) mass is 402 g/mol. The fourth-order valence-corrected chi connectivity index (χ4v) is 3.15. The van der Waals surface area contributed by atoms with Crippen molar-refractivity contribution in [3.63, 3.8) is 0 Å². The van der Waals surface area contributed by atoms with Crippen LogP contribution in [0.3, 0.4) is 0 Å². The maximum Gasteiger partial charge on any atom is 0.255 e. The second kappa shape index (κ2) is 8.29. The molecule has 1 N–H and O–H groups in total. The maximum atomic E-state index is 12.6. The van der Waals surface area contributed by atoms with Gasteiger partial charge in [-0.3, -0.25) is 4.79 Å². The van der Waals surface area contributed by atoms with Crippen molar-refractivity contribution in [3.8, 4) is 23.0 Å². The summed E-state index contributed by atoms with van der Waals surface area (Å²) in [7, 11) is 3.09. The molecule has 0 aliphatic heterocycles. The van der Waals surface area contributed by atoms with Gasteiger partial charge in [-0.15, -0.1) is 0 Å². The van der Waals surface area contributed by atoms with Gasteiger partial charge in [0.15, 0.2) is 5.58 Å². The quantitative estimate of drug-likeness (QED) is 0.472. The summed E-state index contributed by atoms with van der Waals surface area (Å²) in [6, 6.07) is 18.4. The first-order chi connectivity index (χ1) is 14.6. The second-order valence-electron chi connectivity index (χ2n) is 6.81. The number of methoxy groups -OCH3 is 2. The third-order valence-corrected chi connectivity index (χ3v) is 4.86. The van der Waals surface area contributed by atoms with Crippen molar-refractivity contribution in [2.45, 2.75) is 13.3 Å². The lowest BCUT2D eigenvalue weighted by molar-refractivity contribution is 0.102. The summed E-state index contributed by atoms with van der Waals surface area (Å²) in [6.45, 7) is 2.11. The molecule has 0 unspecified atom stereocenters. The molecule has 1 amide bonds. The first-order valence-electron chi connectivity index (χ1n) is 9.64. The van der Waals surface area contributed by atoms with Crippen LogP contribution in [0.15, 0.2) is 65.1 Å². The summed E-state index contributed by atoms with van der Waals surface area (Å²) in [5.74, 6) is 1.40. The first kappa shape index (κ1) is 19.5. The highest BCUT2D eigenvalue weighted by molar-refractivity contribution is 6.04. The van der Waals surface area contributed by atoms with Crippen molar-refractivity contribution >= 4 is 22.7 Å². The van der Waals surface area contributed by atoms with E-state index in [-0.39, 0.29) is 5.91 Å². The predicted molar refractivity (Wildman–Crippen MR) is 116 cm³/mol. The lowest BCUT2D eigenvalue weighted by Crippen LogP contribution is -2.12. The molecule has 4 rings (SSSR count). The summed E-state index contributed by atoms with van der Waals surface area (Å²) >= 11 is 0. The first-order valence-corrected chi connectivity index (χ1v) is 9.64. The Labute approximate surface area is 174 Å². The highest BCUT2D eigenvalue weighted by Gasteiger charge is 2.12. The van der Waals surface area contributed by atoms with E-state index in [0.29, 0.717) is 28.6 Å². The van der Waals surface area contributed by atoms with Crippen LogP contribution in [0.25, 0.3) is 22.6 Å². The summed E-state index contributed by atoms with van der Waals surface area (Å²) < 4.78 is 16.3. The standard InChI is InChI=1S/C24H22N2O4/c1-4-15-5-10-22-21(11-15)26-24(30-22)16-6-8-18(9-7-16)25-23(27)17-12-19(28-2)14-20(13-17)29-3/h5-14H,4H2,1-3H3,(H,25,27). The third kappa shape index (κ3) is 3.98. The SMILES string of the molecule is CCc1ccc2oc(-c3ccc(NC(=O)c4cc(OC)cc(OC)c4)cc3)nc2c1. The van der Waals surface area contributed by atoms with E-state index in [1.807, 2.05) is 42.5 Å². The minimum atomic E-state index is -0.256. The molecule has 0 atom stereocenters. The van der Waals surface area contributed by atoms with Crippen LogP contribution in [0.2, 0.25) is 0 Å². The fourth-order valence-electron chi connectivity index (χ4n) is 3.15. The van der Waals surface area contributed by atoms with Crippen LogP contribution in [-0.4, -0.2) is 25.1 Å². The highest BCUT2D eigenvalue weighted by atomic mass is 16.5. The van der Waals surface area contributed by atoms with Gasteiger partial charge in [-0.1, -0.05) is 13.0 Å². The van der Waals surface area contributed by atoms with Crippen LogP contribution in [-0.2, 0) is 6.42 Å². The molecule has 4 aromatic rings. The fraction of sp³-hybridized carbons (Fsp3) is 0.167. The lowest BCUT2D eigenvalue weighted by Gasteiger charge is -2.09. The number of hydrogen-bond acceptors (Lipinski definition) is 5. The number of nitrogens with one attached hydrogen (secondary N) is 1. The molecule has 0 bridgehead atoms. The van der Waals surface area contributed by atoms with Gasteiger partial charge in [0.1, 0.15) is 17.0 Å². The molecule has 0 fully saturated rings. The van der Waals surface area contributed by atoms with E-state index in [1.54, 1.807) is 32.4 Å². The molecule has 0 aliphatic rings. The van der Waals surface area contributed by atoms with E-state index in [2.05, 4.69) is 17.2 Å². The molecule has 0 saturated carbocycles. The molecule has 6 heteroatoms. The minimum absolute atomic E-state index is 0.256. The zero-order valence-corrected chi connectivity index (χ0v) is 17.1. The number of aromatic nitrogens is 1. The number of aryl methyl sites for hydroxylation is 1. The molecule has 0 radical (unpaired) electrons. The number of amides is 1. The number of fused-ring (bicyclic) bond motifs is 1. The Morgan fingerprint density at radius 1 is 0.967 bits per heavy atom. The van der Waals surface area contributed by atoms with E-state index in [0.717, 1.165) is 23.1 Å². The number of oxazole rings is 1. The zero-order chi connectivity index (χ0) is 21.1. The topological polar surface area (TPSA) is 73.6 Å². The van der Waals surface area contributed by atoms with Gasteiger partial charge < -0.3 is 19.2 Å². The molecule has 152 valence electrons. The van der Waals surface area contributed by atoms with Crippen LogP contribution in [0.4, 0.5) is 5.69 Å². The van der Waals surface area contributed by atoms with Crippen LogP contribution in [0.1, 0.15) is 22.8 Å². The number of anilines is 1. The van der Waals surface area contributed by atoms with Gasteiger partial charge in [0, 0.05) is 22.9 Å². The molecule has 1 heterocycles. The van der Waals surface area contributed by atoms with Gasteiger partial charge in [-0.2, -0.15) is 0 Å². The number of carbonyl (C=O) groups excluding carboxylic acids is 1. The second-order valence-corrected chi connectivity index (χ2v) is 6.81. The summed E-state index contributed by atoms with van der Waals surface area (Å²) in [5, 5.41) is 2.88. The molecule has 0 aliphatic carbocycles. The summed E-state index contributed by atoms with van der Waals surface area (Å²) in [6.07, 6.45) is 0.950. The van der Waals surface area contributed by atoms with Gasteiger partial charge in [0.05, 0.1) is 14.2 Å². The van der Waals surface area contributed by atoms with Crippen molar-refractivity contribution in [1.82, 2.24) is 4.98 Å². The van der Waals surface area contributed by atoms with E-state index in [9.17, 15) is 4.79 Å². The van der Waals surface area contributed by atoms with Crippen molar-refractivity contribution in [2.75, 3.05) is 19.5 Å². The van der Waals surface area contributed by atoms with Gasteiger partial charge in [0.2, 0.25) is 5.89 Å². The highest BCUT2D eigenvalue weighted by Crippen LogP contribution is 2.27. The third-order valence-electron chi connectivity index (χ3n) is 4.86. The van der Waals surface area contributed by atoms with Crippen molar-refractivity contribution in [1.29, 1.82) is 0 Å². The Balaban J connectivity index is 1.53. The Morgan fingerprint density at radius 3 is 2.30 bits per heavy atom. The molecular formula is C24H22N2O4. The van der Waals surface area contributed by atoms with Crippen molar-refractivity contribution < 1.29 is 18.7 Å². The number of carbonyl (C=O) groups is 1. The maximum absolute atomic E-state index is 12.6. The number of ether oxygens (including phenoxy) is 2. The zero-order valence-electron chi connectivity index (χ0n) is 17.1. The Kier molecular flexibility index (Phi) is 5.39. The molecule has 30 heavy (non-hydrogen) atoms. The average Bonchev–Trinajstić information content (AvgIpc) is 3.22. The van der Waals surface area contributed by atoms with Gasteiger partial charge in [-0.05, 0) is 60.5 Å². The Hall–Kier alpha value is -3.80. The van der Waals surface area contributed by atoms with E-state index in [1.165, 1.54) is 5.56 Å². The molecule has 0 saturated heterocycles. The van der Waals surface area contributed by atoms with Crippen LogP contribution >= 0.6 is 0 Å². The van der Waals surface area contributed by atoms with Crippen molar-refractivity contribution in [2.24, 2.45) is 0 Å². The Morgan fingerprint density at radius 2 is 1.67 bits per heavy atom. The van der Waals surface area contributed by atoms with Gasteiger partial charge in [0.25, 0.3) is 5.91 Å². The van der Waals surface area contributed by atoms with E-state index < -0.39 is 0 Å². The van der Waals surface area contributed by atoms with Gasteiger partial charge >= 0.3 is 0 Å². The van der Waals surface area contributed by atoms with E-state index in [4.69, 9.17) is 13.9 Å². The van der Waals surface area contributed by atoms with Gasteiger partial charge in [-0.25, -0.2) is 4.98 Å². The predicted octanol–water partition coefficient (Wildman–Crippen LogP) is 5.33. The largest absolute Gasteiger partial charge is 0.497 e. The lowest BCUT2D eigenvalue weighted by atomic mass is 10.1. The molecule has 3 aromatic carbocycles. The molecule has 0 spiro atoms. The van der Waals surface area contributed by atoms with Crippen LogP contribution < -0.4 is 14.8 Å². The minimum Gasteiger partial charge on any atom is -0.497 e. The number of rotatable bonds is 6. The van der Waals surface area contributed by atoms with Crippen LogP contribution in [0.5, 0.6) is 11.5 Å². The summed E-state index contributed by atoms with van der Waals surface area (Å²) in [4.78, 5) is 17.2. The van der Waals surface area contributed by atoms with E-state index >= 15 is 0 Å². The number of benzene rings is 3. The molecule has 1 aromatic heterocycles. The molecular weight excluding hydrogens is 380 g/mol. The smallest absolute Gasteiger partial charge is 0.255 e. The number of nitrogens with zero attached hydrogens (tertiary/aromatic N) is 1. The van der Waals surface area contributed by atoms with Crippen LogP contribution in [0, 0.1) is 0 Å². The average molecular weight is 402 g/mol. The normalized spacial score (nSPS) is 10.8.